The number of nitrogens with one attached hydrogen (secondary N) is 1. The Morgan fingerprint density at radius 1 is 1.30 bits per heavy atom. The van der Waals surface area contributed by atoms with Crippen molar-refractivity contribution in [2.75, 3.05) is 26.8 Å². The van der Waals surface area contributed by atoms with Gasteiger partial charge in [0, 0.05) is 20.3 Å². The molecule has 1 N–H and O–H groups in total. The van der Waals surface area contributed by atoms with Crippen molar-refractivity contribution in [1.82, 2.24) is 10.2 Å². The van der Waals surface area contributed by atoms with E-state index in [0.29, 0.717) is 13.2 Å². The van der Waals surface area contributed by atoms with E-state index in [4.69, 9.17) is 4.74 Å². The van der Waals surface area contributed by atoms with Crippen LogP contribution in [-0.2, 0) is 19.9 Å². The summed E-state index contributed by atoms with van der Waals surface area (Å²) < 4.78 is 4.99. The topological polar surface area (TPSA) is 58.6 Å². The highest BCUT2D eigenvalue weighted by Gasteiger charge is 2.43. The van der Waals surface area contributed by atoms with E-state index in [2.05, 4.69) is 5.32 Å². The van der Waals surface area contributed by atoms with Gasteiger partial charge in [-0.15, -0.1) is 0 Å². The van der Waals surface area contributed by atoms with E-state index >= 15 is 0 Å². The largest absolute Gasteiger partial charge is 0.385 e. The van der Waals surface area contributed by atoms with Crippen molar-refractivity contribution in [2.45, 2.75) is 18.9 Å². The number of hydrogen-bond acceptors (Lipinski definition) is 3. The molecule has 0 aromatic heterocycles. The van der Waals surface area contributed by atoms with Gasteiger partial charge in [0.25, 0.3) is 5.91 Å². The summed E-state index contributed by atoms with van der Waals surface area (Å²) in [6.45, 7) is 2.98. The second-order valence-electron chi connectivity index (χ2n) is 5.11. The first-order valence-electron chi connectivity index (χ1n) is 6.73. The molecule has 1 unspecified atom stereocenters. The Bertz CT molecular complexity index is 489. The molecule has 1 atom stereocenters. The minimum absolute atomic E-state index is 0.0700. The predicted molar refractivity (Wildman–Crippen MR) is 75.0 cm³/mol. The summed E-state index contributed by atoms with van der Waals surface area (Å²) in [4.78, 5) is 26.2. The standard InChI is InChI=1S/C15H20N2O3/c1-15(12-7-4-3-5-8-12)14(19)17(9-6-10-20-2)11-13(18)16-15/h3-5,7-8H,6,9-11H2,1-2H3,(H,16,18). The Hall–Kier alpha value is -1.88. The van der Waals surface area contributed by atoms with Gasteiger partial charge in [-0.2, -0.15) is 0 Å². The molecule has 1 fully saturated rings. The van der Waals surface area contributed by atoms with Crippen LogP contribution in [0.5, 0.6) is 0 Å². The van der Waals surface area contributed by atoms with Gasteiger partial charge in [0.05, 0.1) is 6.54 Å². The average molecular weight is 276 g/mol. The molecule has 1 aliphatic rings. The highest BCUT2D eigenvalue weighted by atomic mass is 16.5. The molecule has 1 aromatic rings. The third kappa shape index (κ3) is 2.82. The number of amides is 2. The second-order valence-corrected chi connectivity index (χ2v) is 5.11. The molecule has 5 heteroatoms. The van der Waals surface area contributed by atoms with Crippen molar-refractivity contribution in [3.8, 4) is 0 Å². The highest BCUT2D eigenvalue weighted by Crippen LogP contribution is 2.26. The number of methoxy groups -OCH3 is 1. The van der Waals surface area contributed by atoms with Crippen LogP contribution in [0.15, 0.2) is 30.3 Å². The molecule has 0 bridgehead atoms. The van der Waals surface area contributed by atoms with Crippen LogP contribution >= 0.6 is 0 Å². The van der Waals surface area contributed by atoms with E-state index in [1.807, 2.05) is 30.3 Å². The number of carbonyl (C=O) groups is 2. The Balaban J connectivity index is 2.20. The quantitative estimate of drug-likeness (QED) is 0.813. The van der Waals surface area contributed by atoms with Crippen LogP contribution in [-0.4, -0.2) is 43.5 Å². The van der Waals surface area contributed by atoms with Gasteiger partial charge in [-0.05, 0) is 18.9 Å². The summed E-state index contributed by atoms with van der Waals surface area (Å²) in [7, 11) is 1.62. The van der Waals surface area contributed by atoms with Crippen molar-refractivity contribution >= 4 is 11.8 Å². The third-order valence-electron chi connectivity index (χ3n) is 3.57. The number of benzene rings is 1. The lowest BCUT2D eigenvalue weighted by Gasteiger charge is -2.40. The van der Waals surface area contributed by atoms with Crippen molar-refractivity contribution in [3.63, 3.8) is 0 Å². The van der Waals surface area contributed by atoms with E-state index in [-0.39, 0.29) is 18.4 Å². The second kappa shape index (κ2) is 6.05. The SMILES string of the molecule is COCCCN1CC(=O)NC(C)(c2ccccc2)C1=O. The smallest absolute Gasteiger partial charge is 0.253 e. The van der Waals surface area contributed by atoms with Crippen molar-refractivity contribution in [2.24, 2.45) is 0 Å². The van der Waals surface area contributed by atoms with Crippen LogP contribution in [0.3, 0.4) is 0 Å². The normalized spacial score (nSPS) is 22.8. The Morgan fingerprint density at radius 2 is 2.00 bits per heavy atom. The van der Waals surface area contributed by atoms with Gasteiger partial charge in [-0.25, -0.2) is 0 Å². The van der Waals surface area contributed by atoms with Gasteiger partial charge in [-0.1, -0.05) is 30.3 Å². The number of hydrogen-bond donors (Lipinski definition) is 1. The number of piperazine rings is 1. The molecule has 0 aliphatic carbocycles. The van der Waals surface area contributed by atoms with Gasteiger partial charge in [0.1, 0.15) is 5.54 Å². The minimum atomic E-state index is -0.982. The average Bonchev–Trinajstić information content (AvgIpc) is 2.45. The van der Waals surface area contributed by atoms with E-state index in [1.165, 1.54) is 0 Å². The lowest BCUT2D eigenvalue weighted by molar-refractivity contribution is -0.149. The summed E-state index contributed by atoms with van der Waals surface area (Å²) >= 11 is 0. The van der Waals surface area contributed by atoms with Crippen LogP contribution < -0.4 is 5.32 Å². The lowest BCUT2D eigenvalue weighted by Crippen LogP contribution is -2.63. The van der Waals surface area contributed by atoms with Crippen LogP contribution in [0.2, 0.25) is 0 Å². The minimum Gasteiger partial charge on any atom is -0.385 e. The Morgan fingerprint density at radius 3 is 2.65 bits per heavy atom. The first-order valence-corrected chi connectivity index (χ1v) is 6.73. The summed E-state index contributed by atoms with van der Waals surface area (Å²) in [6, 6.07) is 9.33. The first-order chi connectivity index (χ1) is 9.58. The summed E-state index contributed by atoms with van der Waals surface area (Å²) in [5.41, 5.74) is -0.182. The first kappa shape index (κ1) is 14.5. The van der Waals surface area contributed by atoms with Crippen molar-refractivity contribution in [3.05, 3.63) is 35.9 Å². The number of ether oxygens (including phenoxy) is 1. The van der Waals surface area contributed by atoms with Crippen LogP contribution in [0.4, 0.5) is 0 Å². The molecule has 5 nitrogen and oxygen atoms in total. The number of rotatable bonds is 5. The van der Waals surface area contributed by atoms with Crippen LogP contribution in [0, 0.1) is 0 Å². The monoisotopic (exact) mass is 276 g/mol. The van der Waals surface area contributed by atoms with Crippen molar-refractivity contribution < 1.29 is 14.3 Å². The Kier molecular flexibility index (Phi) is 4.39. The zero-order chi connectivity index (χ0) is 14.6. The van der Waals surface area contributed by atoms with E-state index < -0.39 is 5.54 Å². The fourth-order valence-corrected chi connectivity index (χ4v) is 2.48. The molecule has 1 aliphatic heterocycles. The van der Waals surface area contributed by atoms with E-state index in [9.17, 15) is 9.59 Å². The maximum atomic E-state index is 12.7. The maximum Gasteiger partial charge on any atom is 0.253 e. The molecular weight excluding hydrogens is 256 g/mol. The molecule has 2 amide bonds. The van der Waals surface area contributed by atoms with Gasteiger partial charge in [0.15, 0.2) is 0 Å². The van der Waals surface area contributed by atoms with Gasteiger partial charge < -0.3 is 15.0 Å². The van der Waals surface area contributed by atoms with Gasteiger partial charge in [0.2, 0.25) is 5.91 Å². The maximum absolute atomic E-state index is 12.7. The molecule has 20 heavy (non-hydrogen) atoms. The highest BCUT2D eigenvalue weighted by molar-refractivity contribution is 5.98. The van der Waals surface area contributed by atoms with Gasteiger partial charge >= 0.3 is 0 Å². The summed E-state index contributed by atoms with van der Waals surface area (Å²) in [5, 5.41) is 2.82. The predicted octanol–water partition coefficient (Wildman–Crippen LogP) is 0.897. The van der Waals surface area contributed by atoms with E-state index in [0.717, 1.165) is 12.0 Å². The molecule has 1 heterocycles. The molecular formula is C15H20N2O3. The zero-order valence-corrected chi connectivity index (χ0v) is 11.9. The zero-order valence-electron chi connectivity index (χ0n) is 11.9. The molecule has 1 aromatic carbocycles. The fourth-order valence-electron chi connectivity index (χ4n) is 2.48. The molecule has 108 valence electrons. The fraction of sp³-hybridized carbons (Fsp3) is 0.467. The van der Waals surface area contributed by atoms with Crippen LogP contribution in [0.25, 0.3) is 0 Å². The van der Waals surface area contributed by atoms with E-state index in [1.54, 1.807) is 18.9 Å². The van der Waals surface area contributed by atoms with Crippen LogP contribution in [0.1, 0.15) is 18.9 Å². The lowest BCUT2D eigenvalue weighted by atomic mass is 9.88. The van der Waals surface area contributed by atoms with Gasteiger partial charge in [-0.3, -0.25) is 9.59 Å². The molecule has 2 rings (SSSR count). The summed E-state index contributed by atoms with van der Waals surface area (Å²) in [5.74, 6) is -0.201. The number of nitrogens with zero attached hydrogens (tertiary/aromatic N) is 1. The molecule has 0 saturated carbocycles. The molecule has 0 radical (unpaired) electrons. The summed E-state index contributed by atoms with van der Waals surface area (Å²) in [6.07, 6.45) is 0.723. The third-order valence-corrected chi connectivity index (χ3v) is 3.57. The number of carbonyl (C=O) groups excluding carboxylic acids is 2. The molecule has 1 saturated heterocycles. The van der Waals surface area contributed by atoms with Crippen molar-refractivity contribution in [1.29, 1.82) is 0 Å². The molecule has 0 spiro atoms. The Labute approximate surface area is 118 Å².